The van der Waals surface area contributed by atoms with Crippen LogP contribution in [0.5, 0.6) is 0 Å². The Bertz CT molecular complexity index is 564. The SMILES string of the molecule is CCNC(=NCc1ccc(Cl)nc1)NC1CCCC(S(=O)CC)C1. The fourth-order valence-electron chi connectivity index (χ4n) is 2.93. The zero-order chi connectivity index (χ0) is 17.4. The molecule has 1 aliphatic carbocycles. The standard InChI is InChI=1S/C17H27ClN4OS/c1-3-19-17(21-12-13-8-9-16(18)20-11-13)22-14-6-5-7-15(10-14)24(23)4-2/h8-9,11,14-15H,3-7,10,12H2,1-2H3,(H2,19,21,22). The number of aliphatic imine (C=N–C) groups is 1. The molecule has 2 N–H and O–H groups in total. The van der Waals surface area contributed by atoms with Crippen LogP contribution in [-0.2, 0) is 17.3 Å². The van der Waals surface area contributed by atoms with Crippen molar-refractivity contribution in [3.63, 3.8) is 0 Å². The van der Waals surface area contributed by atoms with Gasteiger partial charge in [0.1, 0.15) is 5.15 Å². The lowest BCUT2D eigenvalue weighted by molar-refractivity contribution is 0.413. The van der Waals surface area contributed by atoms with Crippen molar-refractivity contribution < 1.29 is 4.21 Å². The van der Waals surface area contributed by atoms with E-state index in [9.17, 15) is 4.21 Å². The van der Waals surface area contributed by atoms with Crippen LogP contribution >= 0.6 is 11.6 Å². The van der Waals surface area contributed by atoms with Gasteiger partial charge in [0.25, 0.3) is 0 Å². The molecule has 3 unspecified atom stereocenters. The van der Waals surface area contributed by atoms with Crippen LogP contribution < -0.4 is 10.6 Å². The summed E-state index contributed by atoms with van der Waals surface area (Å²) in [6.45, 7) is 5.41. The predicted molar refractivity (Wildman–Crippen MR) is 102 cm³/mol. The number of halogens is 1. The van der Waals surface area contributed by atoms with Crippen molar-refractivity contribution in [2.75, 3.05) is 12.3 Å². The molecule has 1 aliphatic rings. The van der Waals surface area contributed by atoms with Crippen molar-refractivity contribution >= 4 is 28.4 Å². The second-order valence-electron chi connectivity index (χ2n) is 5.98. The summed E-state index contributed by atoms with van der Waals surface area (Å²) < 4.78 is 12.1. The van der Waals surface area contributed by atoms with Gasteiger partial charge in [-0.3, -0.25) is 4.21 Å². The van der Waals surface area contributed by atoms with E-state index in [1.165, 1.54) is 0 Å². The molecule has 2 rings (SSSR count). The van der Waals surface area contributed by atoms with Gasteiger partial charge in [0.15, 0.2) is 5.96 Å². The summed E-state index contributed by atoms with van der Waals surface area (Å²) >= 11 is 5.81. The van der Waals surface area contributed by atoms with Gasteiger partial charge < -0.3 is 10.6 Å². The molecule has 1 saturated carbocycles. The first kappa shape index (κ1) is 19.2. The highest BCUT2D eigenvalue weighted by Gasteiger charge is 2.25. The first-order valence-electron chi connectivity index (χ1n) is 8.64. The van der Waals surface area contributed by atoms with Gasteiger partial charge in [-0.15, -0.1) is 0 Å². The number of rotatable bonds is 6. The van der Waals surface area contributed by atoms with Gasteiger partial charge in [-0.25, -0.2) is 9.98 Å². The van der Waals surface area contributed by atoms with Gasteiger partial charge in [0, 0.05) is 40.6 Å². The second kappa shape index (κ2) is 9.99. The zero-order valence-corrected chi connectivity index (χ0v) is 16.0. The molecule has 0 bridgehead atoms. The van der Waals surface area contributed by atoms with Crippen LogP contribution in [0.15, 0.2) is 23.3 Å². The molecule has 0 aliphatic heterocycles. The maximum absolute atomic E-state index is 12.1. The monoisotopic (exact) mass is 370 g/mol. The van der Waals surface area contributed by atoms with Crippen molar-refractivity contribution in [1.29, 1.82) is 0 Å². The summed E-state index contributed by atoms with van der Waals surface area (Å²) in [6.07, 6.45) is 5.99. The zero-order valence-electron chi connectivity index (χ0n) is 14.4. The van der Waals surface area contributed by atoms with Crippen molar-refractivity contribution in [1.82, 2.24) is 15.6 Å². The van der Waals surface area contributed by atoms with Crippen LogP contribution in [0.25, 0.3) is 0 Å². The fraction of sp³-hybridized carbons (Fsp3) is 0.647. The summed E-state index contributed by atoms with van der Waals surface area (Å²) in [7, 11) is -0.709. The van der Waals surface area contributed by atoms with E-state index in [4.69, 9.17) is 11.6 Å². The topological polar surface area (TPSA) is 66.4 Å². The fourth-order valence-corrected chi connectivity index (χ4v) is 4.39. The quantitative estimate of drug-likeness (QED) is 0.459. The molecule has 0 saturated heterocycles. The molecule has 0 radical (unpaired) electrons. The minimum atomic E-state index is -0.709. The Kier molecular flexibility index (Phi) is 7.99. The maximum Gasteiger partial charge on any atom is 0.191 e. The van der Waals surface area contributed by atoms with Gasteiger partial charge in [-0.1, -0.05) is 31.0 Å². The molecule has 1 aromatic heterocycles. The first-order valence-corrected chi connectivity index (χ1v) is 10.4. The summed E-state index contributed by atoms with van der Waals surface area (Å²) in [4.78, 5) is 8.71. The van der Waals surface area contributed by atoms with Crippen molar-refractivity contribution in [2.24, 2.45) is 4.99 Å². The highest BCUT2D eigenvalue weighted by Crippen LogP contribution is 2.23. The normalized spacial score (nSPS) is 22.9. The summed E-state index contributed by atoms with van der Waals surface area (Å²) in [5.41, 5.74) is 1.02. The Labute approximate surface area is 152 Å². The lowest BCUT2D eigenvalue weighted by Gasteiger charge is -2.30. The Hall–Kier alpha value is -1.14. The van der Waals surface area contributed by atoms with E-state index in [1.807, 2.05) is 13.0 Å². The molecular weight excluding hydrogens is 344 g/mol. The van der Waals surface area contributed by atoms with E-state index in [2.05, 4.69) is 27.5 Å². The van der Waals surface area contributed by atoms with Crippen molar-refractivity contribution in [3.05, 3.63) is 29.0 Å². The molecule has 1 heterocycles. The number of hydrogen-bond donors (Lipinski definition) is 2. The van der Waals surface area contributed by atoms with Crippen LogP contribution in [0.3, 0.4) is 0 Å². The smallest absolute Gasteiger partial charge is 0.191 e. The molecule has 134 valence electrons. The molecule has 1 aromatic rings. The first-order chi connectivity index (χ1) is 11.6. The highest BCUT2D eigenvalue weighted by atomic mass is 35.5. The van der Waals surface area contributed by atoms with E-state index in [0.717, 1.165) is 49.5 Å². The lowest BCUT2D eigenvalue weighted by Crippen LogP contribution is -2.46. The molecular formula is C17H27ClN4OS. The Morgan fingerprint density at radius 3 is 2.92 bits per heavy atom. The maximum atomic E-state index is 12.1. The number of nitrogens with one attached hydrogen (secondary N) is 2. The van der Waals surface area contributed by atoms with Crippen molar-refractivity contribution in [2.45, 2.75) is 57.4 Å². The van der Waals surface area contributed by atoms with Gasteiger partial charge in [-0.05, 0) is 37.8 Å². The second-order valence-corrected chi connectivity index (χ2v) is 8.38. The molecule has 5 nitrogen and oxygen atoms in total. The van der Waals surface area contributed by atoms with Crippen LogP contribution in [0.1, 0.15) is 45.1 Å². The number of aromatic nitrogens is 1. The third-order valence-electron chi connectivity index (χ3n) is 4.18. The summed E-state index contributed by atoms with van der Waals surface area (Å²) in [5, 5.41) is 7.59. The molecule has 3 atom stereocenters. The number of pyridine rings is 1. The number of hydrogen-bond acceptors (Lipinski definition) is 3. The summed E-state index contributed by atoms with van der Waals surface area (Å²) in [5.74, 6) is 1.55. The largest absolute Gasteiger partial charge is 0.357 e. The average Bonchev–Trinajstić information content (AvgIpc) is 2.61. The van der Waals surface area contributed by atoms with Gasteiger partial charge in [0.05, 0.1) is 6.54 Å². The average molecular weight is 371 g/mol. The Morgan fingerprint density at radius 1 is 1.42 bits per heavy atom. The molecule has 7 heteroatoms. The molecule has 1 fully saturated rings. The third-order valence-corrected chi connectivity index (χ3v) is 6.14. The molecule has 24 heavy (non-hydrogen) atoms. The van der Waals surface area contributed by atoms with Crippen LogP contribution in [-0.4, -0.2) is 38.7 Å². The van der Waals surface area contributed by atoms with Crippen LogP contribution in [0, 0.1) is 0 Å². The molecule has 0 spiro atoms. The Balaban J connectivity index is 1.95. The van der Waals surface area contributed by atoms with E-state index < -0.39 is 10.8 Å². The van der Waals surface area contributed by atoms with E-state index >= 15 is 0 Å². The number of nitrogens with zero attached hydrogens (tertiary/aromatic N) is 2. The van der Waals surface area contributed by atoms with Gasteiger partial charge in [-0.2, -0.15) is 0 Å². The van der Waals surface area contributed by atoms with E-state index in [-0.39, 0.29) is 0 Å². The number of guanidine groups is 1. The van der Waals surface area contributed by atoms with Gasteiger partial charge in [0.2, 0.25) is 0 Å². The van der Waals surface area contributed by atoms with E-state index in [0.29, 0.717) is 23.0 Å². The lowest BCUT2D eigenvalue weighted by atomic mass is 9.95. The third kappa shape index (κ3) is 6.06. The highest BCUT2D eigenvalue weighted by molar-refractivity contribution is 7.85. The minimum absolute atomic E-state index is 0.310. The predicted octanol–water partition coefficient (Wildman–Crippen LogP) is 2.87. The molecule has 0 aromatic carbocycles. The molecule has 0 amide bonds. The van der Waals surface area contributed by atoms with Crippen LogP contribution in [0.2, 0.25) is 5.15 Å². The van der Waals surface area contributed by atoms with E-state index in [1.54, 1.807) is 12.3 Å². The van der Waals surface area contributed by atoms with Crippen LogP contribution in [0.4, 0.5) is 0 Å². The van der Waals surface area contributed by atoms with Crippen molar-refractivity contribution in [3.8, 4) is 0 Å². The summed E-state index contributed by atoms with van der Waals surface area (Å²) in [6, 6.07) is 4.04. The Morgan fingerprint density at radius 2 is 2.25 bits per heavy atom. The minimum Gasteiger partial charge on any atom is -0.357 e. The van der Waals surface area contributed by atoms with Gasteiger partial charge >= 0.3 is 0 Å².